The molecule has 96 valence electrons. The monoisotopic (exact) mass is 257 g/mol. The number of nitrogens with one attached hydrogen (secondary N) is 2. The minimum absolute atomic E-state index is 0.106. The molecule has 0 saturated carbocycles. The van der Waals surface area contributed by atoms with Gasteiger partial charge in [-0.2, -0.15) is 16.7 Å². The average Bonchev–Trinajstić information content (AvgIpc) is 2.33. The van der Waals surface area contributed by atoms with Crippen LogP contribution in [0.1, 0.15) is 12.5 Å². The fourth-order valence-corrected chi connectivity index (χ4v) is 2.03. The van der Waals surface area contributed by atoms with Crippen LogP contribution in [0.2, 0.25) is 0 Å². The molecule has 1 aromatic rings. The van der Waals surface area contributed by atoms with Crippen LogP contribution in [0.4, 0.5) is 11.8 Å². The number of aliphatic hydroxyl groups excluding tert-OH is 1. The smallest absolute Gasteiger partial charge is 0.239 e. The summed E-state index contributed by atoms with van der Waals surface area (Å²) in [4.78, 5) is 8.24. The molecule has 2 unspecified atom stereocenters. The van der Waals surface area contributed by atoms with Gasteiger partial charge in [-0.25, -0.2) is 10.8 Å². The highest BCUT2D eigenvalue weighted by atomic mass is 32.2. The molecule has 7 heteroatoms. The maximum atomic E-state index is 9.22. The Balaban J connectivity index is 2.79. The van der Waals surface area contributed by atoms with E-state index in [1.54, 1.807) is 18.0 Å². The molecule has 0 fully saturated rings. The van der Waals surface area contributed by atoms with Gasteiger partial charge in [-0.15, -0.1) is 0 Å². The van der Waals surface area contributed by atoms with E-state index in [0.29, 0.717) is 5.95 Å². The van der Waals surface area contributed by atoms with E-state index in [0.717, 1.165) is 11.4 Å². The molecule has 0 amide bonds. The van der Waals surface area contributed by atoms with Gasteiger partial charge in [-0.05, 0) is 20.1 Å². The van der Waals surface area contributed by atoms with Crippen molar-refractivity contribution in [1.29, 1.82) is 0 Å². The predicted octanol–water partition coefficient (Wildman–Crippen LogP) is 0.595. The zero-order valence-corrected chi connectivity index (χ0v) is 11.1. The molecule has 0 aliphatic carbocycles. The second-order valence-corrected chi connectivity index (χ2v) is 4.84. The third-order valence-electron chi connectivity index (χ3n) is 2.51. The summed E-state index contributed by atoms with van der Waals surface area (Å²) in [5.74, 6) is 6.36. The molecule has 0 aromatic carbocycles. The lowest BCUT2D eigenvalue weighted by Crippen LogP contribution is -2.31. The van der Waals surface area contributed by atoms with E-state index in [9.17, 15) is 5.11 Å². The first kappa shape index (κ1) is 14.0. The van der Waals surface area contributed by atoms with Crippen molar-refractivity contribution in [3.05, 3.63) is 11.8 Å². The van der Waals surface area contributed by atoms with Crippen molar-refractivity contribution in [2.24, 2.45) is 5.84 Å². The Bertz CT molecular complexity index is 359. The highest BCUT2D eigenvalue weighted by Gasteiger charge is 2.16. The number of nitrogen functional groups attached to an aromatic ring is 1. The Hall–Kier alpha value is -1.05. The topological polar surface area (TPSA) is 96.1 Å². The molecule has 0 spiro atoms. The molecular weight excluding hydrogens is 238 g/mol. The fraction of sp³-hybridized carbons (Fsp3) is 0.600. The van der Waals surface area contributed by atoms with Crippen molar-refractivity contribution in [1.82, 2.24) is 9.97 Å². The zero-order valence-electron chi connectivity index (χ0n) is 10.3. The molecule has 17 heavy (non-hydrogen) atoms. The Labute approximate surface area is 105 Å². The van der Waals surface area contributed by atoms with Gasteiger partial charge in [0.2, 0.25) is 5.95 Å². The number of hydrazine groups is 1. The standard InChI is InChI=1S/C10H19N5OS/c1-6-4-12-10(15-11)14-9(6)13-7(2)8(5-16)17-3/h4,7-8,16H,5,11H2,1-3H3,(H2,12,13,14,15). The third-order valence-corrected chi connectivity index (χ3v) is 3.67. The van der Waals surface area contributed by atoms with E-state index in [1.807, 2.05) is 20.1 Å². The van der Waals surface area contributed by atoms with Crippen molar-refractivity contribution in [3.8, 4) is 0 Å². The molecule has 1 rings (SSSR count). The number of nitrogens with zero attached hydrogens (tertiary/aromatic N) is 2. The molecule has 5 N–H and O–H groups in total. The number of aliphatic hydroxyl groups is 1. The van der Waals surface area contributed by atoms with Gasteiger partial charge in [0.1, 0.15) is 5.82 Å². The second kappa shape index (κ2) is 6.63. The van der Waals surface area contributed by atoms with Crippen molar-refractivity contribution >= 4 is 23.5 Å². The van der Waals surface area contributed by atoms with E-state index >= 15 is 0 Å². The summed E-state index contributed by atoms with van der Waals surface area (Å²) in [5, 5.41) is 12.6. The molecule has 0 bridgehead atoms. The molecule has 1 heterocycles. The van der Waals surface area contributed by atoms with Crippen LogP contribution in [0.5, 0.6) is 0 Å². The van der Waals surface area contributed by atoms with Crippen molar-refractivity contribution in [2.75, 3.05) is 23.6 Å². The van der Waals surface area contributed by atoms with Crippen LogP contribution < -0.4 is 16.6 Å². The van der Waals surface area contributed by atoms with E-state index in [-0.39, 0.29) is 17.9 Å². The third kappa shape index (κ3) is 3.72. The minimum Gasteiger partial charge on any atom is -0.395 e. The van der Waals surface area contributed by atoms with Gasteiger partial charge in [0, 0.05) is 23.1 Å². The highest BCUT2D eigenvalue weighted by molar-refractivity contribution is 7.99. The van der Waals surface area contributed by atoms with Gasteiger partial charge in [0.15, 0.2) is 0 Å². The minimum atomic E-state index is 0.106. The molecule has 2 atom stereocenters. The SMILES string of the molecule is CSC(CO)C(C)Nc1nc(NN)ncc1C. The Morgan fingerprint density at radius 2 is 2.29 bits per heavy atom. The van der Waals surface area contributed by atoms with Gasteiger partial charge in [-0.3, -0.25) is 5.43 Å². The molecule has 6 nitrogen and oxygen atoms in total. The van der Waals surface area contributed by atoms with Crippen LogP contribution >= 0.6 is 11.8 Å². The normalized spacial score (nSPS) is 14.2. The number of aryl methyl sites for hydroxylation is 1. The van der Waals surface area contributed by atoms with E-state index < -0.39 is 0 Å². The largest absolute Gasteiger partial charge is 0.395 e. The lowest BCUT2D eigenvalue weighted by molar-refractivity contribution is 0.288. The van der Waals surface area contributed by atoms with Gasteiger partial charge in [-0.1, -0.05) is 0 Å². The maximum Gasteiger partial charge on any atom is 0.239 e. The Morgan fingerprint density at radius 1 is 1.59 bits per heavy atom. The quantitative estimate of drug-likeness (QED) is 0.437. The van der Waals surface area contributed by atoms with E-state index in [1.165, 1.54) is 0 Å². The van der Waals surface area contributed by atoms with Crippen molar-refractivity contribution in [3.63, 3.8) is 0 Å². The van der Waals surface area contributed by atoms with Crippen LogP contribution in [0.25, 0.3) is 0 Å². The van der Waals surface area contributed by atoms with Crippen LogP contribution in [0.15, 0.2) is 6.20 Å². The summed E-state index contributed by atoms with van der Waals surface area (Å²) in [6, 6.07) is 0.106. The lowest BCUT2D eigenvalue weighted by Gasteiger charge is -2.22. The Kier molecular flexibility index (Phi) is 5.46. The van der Waals surface area contributed by atoms with Crippen LogP contribution in [0, 0.1) is 6.92 Å². The molecule has 0 saturated heterocycles. The van der Waals surface area contributed by atoms with Crippen molar-refractivity contribution in [2.45, 2.75) is 25.1 Å². The summed E-state index contributed by atoms with van der Waals surface area (Å²) < 4.78 is 0. The van der Waals surface area contributed by atoms with Gasteiger partial charge < -0.3 is 10.4 Å². The number of hydrogen-bond donors (Lipinski definition) is 4. The molecule has 0 aliphatic rings. The van der Waals surface area contributed by atoms with Gasteiger partial charge in [0.25, 0.3) is 0 Å². The highest BCUT2D eigenvalue weighted by Crippen LogP contribution is 2.18. The molecule has 0 radical (unpaired) electrons. The summed E-state index contributed by atoms with van der Waals surface area (Å²) >= 11 is 1.62. The van der Waals surface area contributed by atoms with Crippen molar-refractivity contribution < 1.29 is 5.11 Å². The molecule has 0 aliphatic heterocycles. The zero-order chi connectivity index (χ0) is 12.8. The molecular formula is C10H19N5OS. The van der Waals surface area contributed by atoms with Crippen LogP contribution in [-0.4, -0.2) is 39.2 Å². The summed E-state index contributed by atoms with van der Waals surface area (Å²) in [6.45, 7) is 4.05. The van der Waals surface area contributed by atoms with Crippen LogP contribution in [0.3, 0.4) is 0 Å². The fourth-order valence-electron chi connectivity index (χ4n) is 1.40. The van der Waals surface area contributed by atoms with Crippen LogP contribution in [-0.2, 0) is 0 Å². The van der Waals surface area contributed by atoms with Gasteiger partial charge in [0.05, 0.1) is 6.61 Å². The first-order valence-electron chi connectivity index (χ1n) is 5.32. The first-order valence-corrected chi connectivity index (χ1v) is 6.61. The summed E-state index contributed by atoms with van der Waals surface area (Å²) in [5.41, 5.74) is 3.35. The lowest BCUT2D eigenvalue weighted by atomic mass is 10.2. The maximum absolute atomic E-state index is 9.22. The molecule has 1 aromatic heterocycles. The number of nitrogens with two attached hydrogens (primary N) is 1. The van der Waals surface area contributed by atoms with E-state index in [4.69, 9.17) is 5.84 Å². The number of thioether (sulfide) groups is 1. The number of rotatable bonds is 6. The van der Waals surface area contributed by atoms with Gasteiger partial charge >= 0.3 is 0 Å². The first-order chi connectivity index (χ1) is 8.12. The second-order valence-electron chi connectivity index (χ2n) is 3.76. The number of hydrogen-bond acceptors (Lipinski definition) is 7. The predicted molar refractivity (Wildman–Crippen MR) is 72.1 cm³/mol. The average molecular weight is 257 g/mol. The van der Waals surface area contributed by atoms with E-state index in [2.05, 4.69) is 20.7 Å². The number of anilines is 2. The number of aromatic nitrogens is 2. The summed E-state index contributed by atoms with van der Waals surface area (Å²) in [7, 11) is 0. The summed E-state index contributed by atoms with van der Waals surface area (Å²) in [6.07, 6.45) is 3.67. The Morgan fingerprint density at radius 3 is 2.82 bits per heavy atom.